The maximum absolute atomic E-state index is 2.34. The molecule has 0 saturated heterocycles. The Morgan fingerprint density at radius 1 is 1.13 bits per heavy atom. The van der Waals surface area contributed by atoms with E-state index in [2.05, 4.69) is 66.4 Å². The Labute approximate surface area is 91.8 Å². The monoisotopic (exact) mass is 202 g/mol. The zero-order chi connectivity index (χ0) is 10.7. The van der Waals surface area contributed by atoms with Crippen LogP contribution < -0.4 is 4.90 Å². The molecule has 1 heterocycles. The summed E-state index contributed by atoms with van der Waals surface area (Å²) in [6.45, 7) is 6.60. The summed E-state index contributed by atoms with van der Waals surface area (Å²) in [5, 5.41) is 0. The molecule has 1 aromatic rings. The van der Waals surface area contributed by atoms with Gasteiger partial charge in [-0.3, -0.25) is 0 Å². The predicted octanol–water partition coefficient (Wildman–Crippen LogP) is 2.89. The highest BCUT2D eigenvalue weighted by Crippen LogP contribution is 2.18. The minimum Gasteiger partial charge on any atom is -0.358 e. The molecule has 80 valence electrons. The van der Waals surface area contributed by atoms with Crippen LogP contribution in [0.2, 0.25) is 0 Å². The van der Waals surface area contributed by atoms with Crippen LogP contribution in [0.1, 0.15) is 13.8 Å². The van der Waals surface area contributed by atoms with Crippen LogP contribution in [-0.2, 0) is 0 Å². The normalized spacial score (nSPS) is 15.4. The van der Waals surface area contributed by atoms with Gasteiger partial charge in [0.15, 0.2) is 0 Å². The molecule has 0 aliphatic carbocycles. The zero-order valence-corrected chi connectivity index (χ0v) is 9.43. The molecule has 0 atom stereocenters. The molecule has 15 heavy (non-hydrogen) atoms. The van der Waals surface area contributed by atoms with Gasteiger partial charge < -0.3 is 9.80 Å². The molecule has 2 nitrogen and oxygen atoms in total. The van der Waals surface area contributed by atoms with Crippen LogP contribution in [0.3, 0.4) is 0 Å². The second kappa shape index (κ2) is 4.39. The molecule has 0 aromatic heterocycles. The van der Waals surface area contributed by atoms with Crippen molar-refractivity contribution in [2.45, 2.75) is 13.8 Å². The van der Waals surface area contributed by atoms with Gasteiger partial charge in [-0.2, -0.15) is 0 Å². The molecule has 2 rings (SSSR count). The van der Waals surface area contributed by atoms with E-state index in [-0.39, 0.29) is 0 Å². The summed E-state index contributed by atoms with van der Waals surface area (Å²) in [4.78, 5) is 4.61. The van der Waals surface area contributed by atoms with Crippen molar-refractivity contribution in [1.82, 2.24) is 4.90 Å². The molecule has 1 aliphatic heterocycles. The van der Waals surface area contributed by atoms with E-state index in [4.69, 9.17) is 0 Å². The van der Waals surface area contributed by atoms with Gasteiger partial charge in [-0.25, -0.2) is 0 Å². The molecule has 1 aliphatic rings. The number of anilines is 1. The van der Waals surface area contributed by atoms with Crippen LogP contribution in [-0.4, -0.2) is 18.1 Å². The van der Waals surface area contributed by atoms with E-state index in [1.54, 1.807) is 0 Å². The molecular weight excluding hydrogens is 184 g/mol. The Kier molecular flexibility index (Phi) is 2.95. The molecule has 1 aromatic carbocycles. The first-order chi connectivity index (χ1) is 7.25. The summed E-state index contributed by atoms with van der Waals surface area (Å²) < 4.78 is 0. The molecule has 0 bridgehead atoms. The number of hydrogen-bond donors (Lipinski definition) is 0. The summed E-state index contributed by atoms with van der Waals surface area (Å²) >= 11 is 0. The van der Waals surface area contributed by atoms with Gasteiger partial charge in [-0.15, -0.1) is 0 Å². The average molecular weight is 202 g/mol. The predicted molar refractivity (Wildman–Crippen MR) is 64.5 cm³/mol. The van der Waals surface area contributed by atoms with Gasteiger partial charge in [-0.05, 0) is 18.1 Å². The van der Waals surface area contributed by atoms with Gasteiger partial charge in [0, 0.05) is 24.6 Å². The van der Waals surface area contributed by atoms with Gasteiger partial charge in [0.2, 0.25) is 0 Å². The fourth-order valence-electron chi connectivity index (χ4n) is 1.84. The lowest BCUT2D eigenvalue weighted by Gasteiger charge is -2.22. The molecule has 0 spiro atoms. The smallest absolute Gasteiger partial charge is 0.0942 e. The van der Waals surface area contributed by atoms with Crippen molar-refractivity contribution >= 4 is 5.69 Å². The lowest BCUT2D eigenvalue weighted by molar-refractivity contribution is 0.354. The first-order valence-corrected chi connectivity index (χ1v) is 5.50. The van der Waals surface area contributed by atoms with E-state index >= 15 is 0 Å². The molecule has 2 heteroatoms. The number of nitrogens with zero attached hydrogens (tertiary/aromatic N) is 2. The topological polar surface area (TPSA) is 6.48 Å². The third kappa shape index (κ3) is 2.52. The van der Waals surface area contributed by atoms with E-state index in [0.29, 0.717) is 5.92 Å². The lowest BCUT2D eigenvalue weighted by Crippen LogP contribution is -2.27. The minimum absolute atomic E-state index is 0.713. The summed E-state index contributed by atoms with van der Waals surface area (Å²) in [5.41, 5.74) is 1.26. The van der Waals surface area contributed by atoms with Crippen molar-refractivity contribution in [3.05, 3.63) is 42.7 Å². The van der Waals surface area contributed by atoms with E-state index in [1.165, 1.54) is 5.69 Å². The molecule has 0 fully saturated rings. The van der Waals surface area contributed by atoms with Crippen LogP contribution in [0, 0.1) is 5.92 Å². The highest BCUT2D eigenvalue weighted by atomic mass is 15.3. The number of para-hydroxylation sites is 1. The van der Waals surface area contributed by atoms with Gasteiger partial charge in [-0.1, -0.05) is 32.0 Å². The third-order valence-electron chi connectivity index (χ3n) is 2.48. The van der Waals surface area contributed by atoms with Crippen molar-refractivity contribution in [3.63, 3.8) is 0 Å². The Morgan fingerprint density at radius 2 is 1.87 bits per heavy atom. The molecular formula is C13H18N2. The Hall–Kier alpha value is -1.44. The van der Waals surface area contributed by atoms with Crippen molar-refractivity contribution in [3.8, 4) is 0 Å². The SMILES string of the molecule is CC(C)CN1C=CN(c2ccccc2)C1. The van der Waals surface area contributed by atoms with E-state index in [9.17, 15) is 0 Å². The largest absolute Gasteiger partial charge is 0.358 e. The van der Waals surface area contributed by atoms with Crippen LogP contribution in [0.4, 0.5) is 5.69 Å². The molecule has 0 N–H and O–H groups in total. The van der Waals surface area contributed by atoms with Gasteiger partial charge >= 0.3 is 0 Å². The van der Waals surface area contributed by atoms with Crippen LogP contribution in [0.15, 0.2) is 42.7 Å². The van der Waals surface area contributed by atoms with Gasteiger partial charge in [0.1, 0.15) is 0 Å². The lowest BCUT2D eigenvalue weighted by atomic mass is 10.2. The highest BCUT2D eigenvalue weighted by Gasteiger charge is 2.13. The summed E-state index contributed by atoms with van der Waals surface area (Å²) in [7, 11) is 0. The fourth-order valence-corrected chi connectivity index (χ4v) is 1.84. The average Bonchev–Trinajstić information content (AvgIpc) is 2.67. The van der Waals surface area contributed by atoms with Crippen molar-refractivity contribution in [2.75, 3.05) is 18.1 Å². The van der Waals surface area contributed by atoms with Crippen LogP contribution >= 0.6 is 0 Å². The Bertz CT molecular complexity index is 330. The number of benzene rings is 1. The first kappa shape index (κ1) is 10.1. The molecule has 0 saturated carbocycles. The van der Waals surface area contributed by atoms with E-state index in [1.807, 2.05) is 0 Å². The number of hydrogen-bond acceptors (Lipinski definition) is 2. The Balaban J connectivity index is 1.97. The fraction of sp³-hybridized carbons (Fsp3) is 0.385. The highest BCUT2D eigenvalue weighted by molar-refractivity contribution is 5.49. The third-order valence-corrected chi connectivity index (χ3v) is 2.48. The van der Waals surface area contributed by atoms with Crippen LogP contribution in [0.5, 0.6) is 0 Å². The van der Waals surface area contributed by atoms with Crippen molar-refractivity contribution in [1.29, 1.82) is 0 Å². The van der Waals surface area contributed by atoms with Gasteiger partial charge in [0.05, 0.1) is 6.67 Å². The van der Waals surface area contributed by atoms with Crippen LogP contribution in [0.25, 0.3) is 0 Å². The second-order valence-corrected chi connectivity index (χ2v) is 4.41. The quantitative estimate of drug-likeness (QED) is 0.743. The maximum Gasteiger partial charge on any atom is 0.0942 e. The molecule has 0 amide bonds. The maximum atomic E-state index is 2.34. The summed E-state index contributed by atoms with van der Waals surface area (Å²) in [6.07, 6.45) is 4.32. The molecule has 0 radical (unpaired) electrons. The van der Waals surface area contributed by atoms with Crippen molar-refractivity contribution in [2.24, 2.45) is 5.92 Å². The van der Waals surface area contributed by atoms with Crippen molar-refractivity contribution < 1.29 is 0 Å². The van der Waals surface area contributed by atoms with E-state index in [0.717, 1.165) is 13.2 Å². The number of rotatable bonds is 3. The first-order valence-electron chi connectivity index (χ1n) is 5.50. The summed E-state index contributed by atoms with van der Waals surface area (Å²) in [6, 6.07) is 10.5. The minimum atomic E-state index is 0.713. The zero-order valence-electron chi connectivity index (χ0n) is 9.43. The second-order valence-electron chi connectivity index (χ2n) is 4.41. The standard InChI is InChI=1S/C13H18N2/c1-12(2)10-14-8-9-15(11-14)13-6-4-3-5-7-13/h3-9,12H,10-11H2,1-2H3. The molecule has 0 unspecified atom stereocenters. The summed E-state index contributed by atoms with van der Waals surface area (Å²) in [5.74, 6) is 0.713. The van der Waals surface area contributed by atoms with Gasteiger partial charge in [0.25, 0.3) is 0 Å². The van der Waals surface area contributed by atoms with E-state index < -0.39 is 0 Å². The Morgan fingerprint density at radius 3 is 2.53 bits per heavy atom.